The number of fused-ring (bicyclic) bond motifs is 1. The summed E-state index contributed by atoms with van der Waals surface area (Å²) in [5.41, 5.74) is 6.71. The number of aromatic amines is 1. The number of hydrogen-bond acceptors (Lipinski definition) is 5. The van der Waals surface area contributed by atoms with Gasteiger partial charge in [0.2, 0.25) is 5.75 Å². The average Bonchev–Trinajstić information content (AvgIpc) is 2.33. The molecule has 0 aliphatic carbocycles. The topological polar surface area (TPSA) is 145 Å². The molecule has 0 radical (unpaired) electrons. The summed E-state index contributed by atoms with van der Waals surface area (Å²) in [7, 11) is 0. The second-order valence-electron chi connectivity index (χ2n) is 3.54. The van der Waals surface area contributed by atoms with Crippen molar-refractivity contribution in [3.63, 3.8) is 0 Å². The van der Waals surface area contributed by atoms with Crippen molar-refractivity contribution in [2.45, 2.75) is 0 Å². The maximum absolute atomic E-state index is 11.6. The van der Waals surface area contributed by atoms with Crippen molar-refractivity contribution in [2.75, 3.05) is 0 Å². The van der Waals surface area contributed by atoms with Gasteiger partial charge < -0.3 is 10.1 Å². The van der Waals surface area contributed by atoms with Crippen LogP contribution < -0.4 is 5.56 Å². The van der Waals surface area contributed by atoms with Crippen molar-refractivity contribution in [1.29, 1.82) is 0 Å². The van der Waals surface area contributed by atoms with E-state index in [9.17, 15) is 20.0 Å². The van der Waals surface area contributed by atoms with Gasteiger partial charge in [-0.15, -0.1) is 0 Å². The van der Waals surface area contributed by atoms with E-state index in [1.54, 1.807) is 0 Å². The molecule has 0 amide bonds. The molecule has 11 heteroatoms. The van der Waals surface area contributed by atoms with Gasteiger partial charge in [-0.3, -0.25) is 14.9 Å². The Kier molecular flexibility index (Phi) is 3.66. The van der Waals surface area contributed by atoms with Crippen molar-refractivity contribution in [3.05, 3.63) is 45.9 Å². The van der Waals surface area contributed by atoms with E-state index in [1.807, 2.05) is 0 Å². The van der Waals surface area contributed by atoms with Crippen LogP contribution >= 0.6 is 31.9 Å². The lowest BCUT2D eigenvalue weighted by atomic mass is 10.1. The van der Waals surface area contributed by atoms with Crippen molar-refractivity contribution >= 4 is 54.1 Å². The second-order valence-corrected chi connectivity index (χ2v) is 5.19. The van der Waals surface area contributed by atoms with Crippen LogP contribution in [-0.2, 0) is 0 Å². The fourth-order valence-corrected chi connectivity index (χ4v) is 3.12. The zero-order valence-electron chi connectivity index (χ0n) is 9.29. The van der Waals surface area contributed by atoms with Crippen LogP contribution in [0.5, 0.6) is 5.75 Å². The quantitative estimate of drug-likeness (QED) is 0.259. The number of nitrogens with zero attached hydrogens (tertiary/aromatic N) is 4. The highest BCUT2D eigenvalue weighted by Gasteiger charge is 2.25. The lowest BCUT2D eigenvalue weighted by molar-refractivity contribution is -0.387. The summed E-state index contributed by atoms with van der Waals surface area (Å²) in [4.78, 5) is 26.3. The van der Waals surface area contributed by atoms with Crippen molar-refractivity contribution in [1.82, 2.24) is 4.98 Å². The highest BCUT2D eigenvalue weighted by atomic mass is 79.9. The molecule has 2 aromatic rings. The molecule has 0 bridgehead atoms. The molecule has 1 heterocycles. The molecular formula is C9H3Br2N5O4. The number of nitrogens with one attached hydrogen (secondary N) is 1. The molecule has 0 aliphatic rings. The maximum Gasteiger partial charge on any atom is 0.375 e. The molecule has 2 rings (SSSR count). The number of hydrogen-bond donors (Lipinski definition) is 2. The zero-order valence-corrected chi connectivity index (χ0v) is 12.5. The molecule has 0 fully saturated rings. The van der Waals surface area contributed by atoms with Gasteiger partial charge in [-0.1, -0.05) is 21.0 Å². The number of pyridine rings is 1. The van der Waals surface area contributed by atoms with Gasteiger partial charge >= 0.3 is 11.2 Å². The number of aromatic nitrogens is 1. The molecule has 0 spiro atoms. The SMILES string of the molecule is [N-]=[N+]=Nc1c(Br)cc2[nH]c(=O)c([N+](=O)[O-])c(O)c2c1Br. The first-order chi connectivity index (χ1) is 9.38. The summed E-state index contributed by atoms with van der Waals surface area (Å²) >= 11 is 6.23. The first-order valence-electron chi connectivity index (χ1n) is 4.85. The zero-order chi connectivity index (χ0) is 15.0. The van der Waals surface area contributed by atoms with Gasteiger partial charge in [-0.05, 0) is 27.5 Å². The van der Waals surface area contributed by atoms with E-state index < -0.39 is 21.9 Å². The number of azide groups is 1. The number of rotatable bonds is 2. The molecule has 20 heavy (non-hydrogen) atoms. The summed E-state index contributed by atoms with van der Waals surface area (Å²) in [6.45, 7) is 0. The summed E-state index contributed by atoms with van der Waals surface area (Å²) in [5, 5.41) is 24.1. The largest absolute Gasteiger partial charge is 0.501 e. The van der Waals surface area contributed by atoms with E-state index in [4.69, 9.17) is 5.53 Å². The minimum Gasteiger partial charge on any atom is -0.501 e. The number of halogens is 2. The Morgan fingerprint density at radius 2 is 2.15 bits per heavy atom. The van der Waals surface area contributed by atoms with Gasteiger partial charge in [0.05, 0.1) is 21.5 Å². The Balaban J connectivity index is 3.07. The fraction of sp³-hybridized carbons (Fsp3) is 0. The highest BCUT2D eigenvalue weighted by Crippen LogP contribution is 2.44. The summed E-state index contributed by atoms with van der Waals surface area (Å²) < 4.78 is 0.468. The number of H-pyrrole nitrogens is 1. The monoisotopic (exact) mass is 403 g/mol. The van der Waals surface area contributed by atoms with Crippen LogP contribution in [0.3, 0.4) is 0 Å². The molecule has 0 saturated heterocycles. The molecule has 1 aromatic heterocycles. The van der Waals surface area contributed by atoms with E-state index in [2.05, 4.69) is 46.9 Å². The Labute approximate surface area is 126 Å². The molecule has 1 aromatic carbocycles. The van der Waals surface area contributed by atoms with Crippen LogP contribution in [0.25, 0.3) is 21.3 Å². The van der Waals surface area contributed by atoms with E-state index in [0.717, 1.165) is 0 Å². The van der Waals surface area contributed by atoms with Crippen molar-refractivity contribution in [3.8, 4) is 5.75 Å². The van der Waals surface area contributed by atoms with E-state index in [1.165, 1.54) is 6.07 Å². The van der Waals surface area contributed by atoms with Crippen LogP contribution in [0.1, 0.15) is 0 Å². The summed E-state index contributed by atoms with van der Waals surface area (Å²) in [5.74, 6) is -0.803. The third-order valence-electron chi connectivity index (χ3n) is 2.45. The van der Waals surface area contributed by atoms with Crippen molar-refractivity contribution < 1.29 is 10.0 Å². The van der Waals surface area contributed by atoms with Gasteiger partial charge in [-0.2, -0.15) is 0 Å². The third kappa shape index (κ3) is 2.11. The Bertz CT molecular complexity index is 856. The predicted octanol–water partition coefficient (Wildman–Crippen LogP) is 3.61. The van der Waals surface area contributed by atoms with Gasteiger partial charge in [0.1, 0.15) is 0 Å². The molecule has 0 unspecified atom stereocenters. The Morgan fingerprint density at radius 3 is 2.70 bits per heavy atom. The van der Waals surface area contributed by atoms with Crippen LogP contribution in [0.4, 0.5) is 11.4 Å². The standard InChI is InChI=1S/C9H3Br2N5O4/c10-2-1-3-4(5(11)6(2)14-15-12)8(17)7(16(19)20)9(18)13-3/h1H,(H2,13,17,18). The van der Waals surface area contributed by atoms with Gasteiger partial charge in [0.25, 0.3) is 0 Å². The number of aromatic hydroxyl groups is 1. The van der Waals surface area contributed by atoms with Crippen LogP contribution in [0.2, 0.25) is 0 Å². The van der Waals surface area contributed by atoms with Crippen LogP contribution in [-0.4, -0.2) is 15.0 Å². The van der Waals surface area contributed by atoms with Crippen LogP contribution in [0, 0.1) is 10.1 Å². The highest BCUT2D eigenvalue weighted by molar-refractivity contribution is 9.11. The average molecular weight is 405 g/mol. The first kappa shape index (κ1) is 14.3. The normalized spacial score (nSPS) is 10.3. The minimum atomic E-state index is -1.03. The molecule has 2 N–H and O–H groups in total. The van der Waals surface area contributed by atoms with E-state index >= 15 is 0 Å². The van der Waals surface area contributed by atoms with Gasteiger partial charge in [0, 0.05) is 13.9 Å². The summed E-state index contributed by atoms with van der Waals surface area (Å²) in [6.07, 6.45) is 0. The molecule has 0 atom stereocenters. The molecule has 9 nitrogen and oxygen atoms in total. The smallest absolute Gasteiger partial charge is 0.375 e. The number of nitro groups is 1. The van der Waals surface area contributed by atoms with Gasteiger partial charge in [-0.25, -0.2) is 0 Å². The summed E-state index contributed by atoms with van der Waals surface area (Å²) in [6, 6.07) is 1.37. The lowest BCUT2D eigenvalue weighted by Crippen LogP contribution is -2.11. The maximum atomic E-state index is 11.6. The predicted molar refractivity (Wildman–Crippen MR) is 77.1 cm³/mol. The molecule has 0 saturated carbocycles. The second kappa shape index (κ2) is 5.12. The van der Waals surface area contributed by atoms with Gasteiger partial charge in [0.15, 0.2) is 0 Å². The van der Waals surface area contributed by atoms with Crippen LogP contribution in [0.15, 0.2) is 24.9 Å². The lowest BCUT2D eigenvalue weighted by Gasteiger charge is -2.08. The fourth-order valence-electron chi connectivity index (χ4n) is 1.65. The third-order valence-corrected chi connectivity index (χ3v) is 3.82. The molecule has 102 valence electrons. The minimum absolute atomic E-state index is 0.0260. The van der Waals surface area contributed by atoms with E-state index in [-0.39, 0.29) is 21.1 Å². The molecule has 0 aliphatic heterocycles. The molecular weight excluding hydrogens is 402 g/mol. The first-order valence-corrected chi connectivity index (χ1v) is 6.43. The van der Waals surface area contributed by atoms with E-state index in [0.29, 0.717) is 4.47 Å². The Hall–Kier alpha value is -2.10. The van der Waals surface area contributed by atoms with Crippen molar-refractivity contribution in [2.24, 2.45) is 5.11 Å². The Morgan fingerprint density at radius 1 is 1.50 bits per heavy atom. The number of benzene rings is 1.